The maximum absolute atomic E-state index is 11.5. The fraction of sp³-hybridized carbons (Fsp3) is 0.207. The van der Waals surface area contributed by atoms with Crippen LogP contribution in [-0.2, 0) is 17.8 Å². The molecule has 0 atom stereocenters. The molecule has 4 aromatic carbocycles. The third-order valence-electron chi connectivity index (χ3n) is 6.04. The van der Waals surface area contributed by atoms with E-state index >= 15 is 0 Å². The van der Waals surface area contributed by atoms with E-state index in [9.17, 15) is 4.79 Å². The van der Waals surface area contributed by atoms with Crippen molar-refractivity contribution in [3.05, 3.63) is 83.9 Å². The third kappa shape index (κ3) is 3.94. The molecule has 0 fully saturated rings. The monoisotopic (exact) mass is 454 g/mol. The Bertz CT molecular complexity index is 1340. The van der Waals surface area contributed by atoms with Crippen molar-refractivity contribution in [1.29, 1.82) is 0 Å². The highest BCUT2D eigenvalue weighted by molar-refractivity contribution is 6.07. The van der Waals surface area contributed by atoms with Crippen LogP contribution in [0.2, 0.25) is 0 Å². The number of fused-ring (bicyclic) bond motifs is 3. The Morgan fingerprint density at radius 3 is 2.32 bits per heavy atom. The van der Waals surface area contributed by atoms with E-state index in [-0.39, 0.29) is 0 Å². The van der Waals surface area contributed by atoms with Crippen LogP contribution in [0.1, 0.15) is 25.0 Å². The Kier molecular flexibility index (Phi) is 5.62. The topological polar surface area (TPSA) is 54.0 Å². The first-order valence-corrected chi connectivity index (χ1v) is 11.2. The molecule has 0 unspecified atom stereocenters. The van der Waals surface area contributed by atoms with Crippen LogP contribution in [0, 0.1) is 0 Å². The smallest absolute Gasteiger partial charge is 0.298 e. The van der Waals surface area contributed by atoms with Crippen LogP contribution in [0.4, 0.5) is 0 Å². The summed E-state index contributed by atoms with van der Waals surface area (Å²) in [5.74, 6) is 2.42. The van der Waals surface area contributed by atoms with Gasteiger partial charge in [-0.25, -0.2) is 0 Å². The van der Waals surface area contributed by atoms with Crippen molar-refractivity contribution in [1.82, 2.24) is 0 Å². The summed E-state index contributed by atoms with van der Waals surface area (Å²) >= 11 is 0. The van der Waals surface area contributed by atoms with Gasteiger partial charge in [0.1, 0.15) is 23.7 Å². The molecule has 1 aliphatic heterocycles. The largest absolute Gasteiger partial charge is 0.493 e. The van der Waals surface area contributed by atoms with E-state index in [1.165, 1.54) is 0 Å². The molecule has 1 aliphatic rings. The predicted octanol–water partition coefficient (Wildman–Crippen LogP) is 6.34. The molecule has 0 radical (unpaired) electrons. The summed E-state index contributed by atoms with van der Waals surface area (Å²) in [5, 5.41) is 1.82. The van der Waals surface area contributed by atoms with E-state index in [4.69, 9.17) is 18.9 Å². The number of rotatable bonds is 7. The normalized spacial score (nSPS) is 13.7. The molecule has 0 bridgehead atoms. The van der Waals surface area contributed by atoms with Crippen molar-refractivity contribution in [2.75, 3.05) is 7.11 Å². The first kappa shape index (κ1) is 21.8. The van der Waals surface area contributed by atoms with Crippen molar-refractivity contribution in [3.8, 4) is 34.1 Å². The Balaban J connectivity index is 1.80. The average Bonchev–Trinajstić information content (AvgIpc) is 3.18. The molecule has 4 aromatic rings. The lowest BCUT2D eigenvalue weighted by atomic mass is 9.89. The SMILES string of the molecule is COc1cc2c(OCc3ccccc3)cc(OC=O)c(-c3ccccc3)c2c2c1OC(C)(C)C2. The molecular formula is C29H26O5. The molecule has 172 valence electrons. The van der Waals surface area contributed by atoms with Gasteiger partial charge in [0.15, 0.2) is 11.5 Å². The van der Waals surface area contributed by atoms with Gasteiger partial charge in [-0.1, -0.05) is 60.7 Å². The molecule has 0 saturated heterocycles. The molecule has 5 heteroatoms. The molecule has 34 heavy (non-hydrogen) atoms. The van der Waals surface area contributed by atoms with Gasteiger partial charge in [0.05, 0.1) is 7.11 Å². The summed E-state index contributed by atoms with van der Waals surface area (Å²) in [6.45, 7) is 4.94. The second kappa shape index (κ2) is 8.75. The molecule has 0 aromatic heterocycles. The van der Waals surface area contributed by atoms with Crippen LogP contribution in [0.5, 0.6) is 23.0 Å². The molecule has 0 spiro atoms. The van der Waals surface area contributed by atoms with Gasteiger partial charge in [0, 0.05) is 34.4 Å². The number of ether oxygens (including phenoxy) is 4. The van der Waals surface area contributed by atoms with Gasteiger partial charge in [0.25, 0.3) is 6.47 Å². The van der Waals surface area contributed by atoms with E-state index in [0.29, 0.717) is 36.7 Å². The van der Waals surface area contributed by atoms with Gasteiger partial charge in [-0.15, -0.1) is 0 Å². The molecule has 5 rings (SSSR count). The number of methoxy groups -OCH3 is 1. The standard InChI is InChI=1S/C29H26O5/c1-29(2)16-22-27-21(14-25(31-3)28(22)34-29)23(32-17-19-10-6-4-7-11-19)15-24(33-18-30)26(27)20-12-8-5-9-13-20/h4-15,18H,16-17H2,1-3H3. The Morgan fingerprint density at radius 2 is 1.65 bits per heavy atom. The van der Waals surface area contributed by atoms with Gasteiger partial charge in [-0.2, -0.15) is 0 Å². The zero-order valence-electron chi connectivity index (χ0n) is 19.5. The summed E-state index contributed by atoms with van der Waals surface area (Å²) in [4.78, 5) is 11.5. The molecule has 0 N–H and O–H groups in total. The number of carbonyl (C=O) groups is 1. The van der Waals surface area contributed by atoms with Gasteiger partial charge in [-0.3, -0.25) is 4.79 Å². The van der Waals surface area contributed by atoms with E-state index in [0.717, 1.165) is 38.8 Å². The second-order valence-electron chi connectivity index (χ2n) is 8.95. The van der Waals surface area contributed by atoms with E-state index < -0.39 is 5.60 Å². The fourth-order valence-corrected chi connectivity index (χ4v) is 4.63. The number of benzene rings is 4. The van der Waals surface area contributed by atoms with Crippen molar-refractivity contribution in [3.63, 3.8) is 0 Å². The molecule has 0 saturated carbocycles. The highest BCUT2D eigenvalue weighted by Crippen LogP contribution is 2.52. The van der Waals surface area contributed by atoms with Crippen LogP contribution >= 0.6 is 0 Å². The lowest BCUT2D eigenvalue weighted by Gasteiger charge is -2.19. The zero-order chi connectivity index (χ0) is 23.7. The fourth-order valence-electron chi connectivity index (χ4n) is 4.63. The minimum atomic E-state index is -0.398. The van der Waals surface area contributed by atoms with E-state index in [1.54, 1.807) is 13.2 Å². The second-order valence-corrected chi connectivity index (χ2v) is 8.95. The van der Waals surface area contributed by atoms with Gasteiger partial charge >= 0.3 is 0 Å². The summed E-state index contributed by atoms with van der Waals surface area (Å²) in [6.07, 6.45) is 0.679. The van der Waals surface area contributed by atoms with Gasteiger partial charge in [-0.05, 0) is 31.0 Å². The molecular weight excluding hydrogens is 428 g/mol. The summed E-state index contributed by atoms with van der Waals surface area (Å²) in [6, 6.07) is 23.6. The van der Waals surface area contributed by atoms with Crippen LogP contribution in [0.3, 0.4) is 0 Å². The summed E-state index contributed by atoms with van der Waals surface area (Å²) < 4.78 is 23.9. The average molecular weight is 455 g/mol. The van der Waals surface area contributed by atoms with Crippen LogP contribution in [0.25, 0.3) is 21.9 Å². The number of carbonyl (C=O) groups excluding carboxylic acids is 1. The Labute approximate surface area is 198 Å². The maximum atomic E-state index is 11.5. The number of hydrogen-bond donors (Lipinski definition) is 0. The minimum absolute atomic E-state index is 0.378. The van der Waals surface area contributed by atoms with Gasteiger partial charge < -0.3 is 18.9 Å². The minimum Gasteiger partial charge on any atom is -0.493 e. The molecule has 0 aliphatic carbocycles. The summed E-state index contributed by atoms with van der Waals surface area (Å²) in [5.41, 5.74) is 3.42. The van der Waals surface area contributed by atoms with Crippen LogP contribution in [0.15, 0.2) is 72.8 Å². The van der Waals surface area contributed by atoms with Gasteiger partial charge in [0.2, 0.25) is 0 Å². The van der Waals surface area contributed by atoms with E-state index in [2.05, 4.69) is 13.8 Å². The van der Waals surface area contributed by atoms with Crippen molar-refractivity contribution < 1.29 is 23.7 Å². The Hall–Kier alpha value is -3.99. The highest BCUT2D eigenvalue weighted by atomic mass is 16.5. The van der Waals surface area contributed by atoms with E-state index in [1.807, 2.05) is 66.7 Å². The van der Waals surface area contributed by atoms with Crippen LogP contribution in [-0.4, -0.2) is 19.2 Å². The molecule has 0 amide bonds. The first-order valence-electron chi connectivity index (χ1n) is 11.2. The maximum Gasteiger partial charge on any atom is 0.298 e. The van der Waals surface area contributed by atoms with Crippen LogP contribution < -0.4 is 18.9 Å². The molecule has 1 heterocycles. The molecule has 5 nitrogen and oxygen atoms in total. The highest BCUT2D eigenvalue weighted by Gasteiger charge is 2.36. The first-order chi connectivity index (χ1) is 16.5. The summed E-state index contributed by atoms with van der Waals surface area (Å²) in [7, 11) is 1.64. The Morgan fingerprint density at radius 1 is 0.941 bits per heavy atom. The van der Waals surface area contributed by atoms with Crippen molar-refractivity contribution >= 4 is 17.2 Å². The van der Waals surface area contributed by atoms with Crippen molar-refractivity contribution in [2.45, 2.75) is 32.5 Å². The lowest BCUT2D eigenvalue weighted by molar-refractivity contribution is -0.120. The predicted molar refractivity (Wildman–Crippen MR) is 132 cm³/mol. The zero-order valence-corrected chi connectivity index (χ0v) is 19.5. The lowest BCUT2D eigenvalue weighted by Crippen LogP contribution is -2.24. The van der Waals surface area contributed by atoms with Crippen molar-refractivity contribution in [2.24, 2.45) is 0 Å². The number of hydrogen-bond acceptors (Lipinski definition) is 5. The quantitative estimate of drug-likeness (QED) is 0.305. The third-order valence-corrected chi connectivity index (χ3v) is 6.04.